The van der Waals surface area contributed by atoms with Crippen molar-refractivity contribution in [2.75, 3.05) is 23.5 Å². The number of rotatable bonds is 6. The molecule has 24 heavy (non-hydrogen) atoms. The second-order valence-corrected chi connectivity index (χ2v) is 6.31. The fraction of sp³-hybridized carbons (Fsp3) is 0.176. The summed E-state index contributed by atoms with van der Waals surface area (Å²) in [6, 6.07) is 12.3. The predicted molar refractivity (Wildman–Crippen MR) is 98.1 cm³/mol. The van der Waals surface area contributed by atoms with Crippen molar-refractivity contribution in [3.05, 3.63) is 47.5 Å². The Morgan fingerprint density at radius 3 is 2.58 bits per heavy atom. The van der Waals surface area contributed by atoms with Crippen molar-refractivity contribution >= 4 is 46.6 Å². The van der Waals surface area contributed by atoms with Crippen molar-refractivity contribution in [3.63, 3.8) is 0 Å². The van der Waals surface area contributed by atoms with Gasteiger partial charge in [0.25, 0.3) is 0 Å². The van der Waals surface area contributed by atoms with Crippen molar-refractivity contribution in [3.8, 4) is 5.75 Å². The number of nitrogens with one attached hydrogen (secondary N) is 2. The van der Waals surface area contributed by atoms with Gasteiger partial charge in [-0.05, 0) is 30.3 Å². The number of carbonyl (C=O) groups excluding carboxylic acids is 2. The van der Waals surface area contributed by atoms with Crippen LogP contribution in [0.15, 0.2) is 47.4 Å². The first kappa shape index (κ1) is 18.2. The van der Waals surface area contributed by atoms with E-state index in [1.807, 2.05) is 18.2 Å². The van der Waals surface area contributed by atoms with Crippen molar-refractivity contribution in [1.82, 2.24) is 0 Å². The third-order valence-electron chi connectivity index (χ3n) is 2.99. The summed E-state index contributed by atoms with van der Waals surface area (Å²) in [5.41, 5.74) is 1.20. The van der Waals surface area contributed by atoms with Crippen LogP contribution in [0.4, 0.5) is 11.4 Å². The van der Waals surface area contributed by atoms with Crippen LogP contribution in [0.5, 0.6) is 5.75 Å². The Kier molecular flexibility index (Phi) is 6.52. The lowest BCUT2D eigenvalue weighted by atomic mass is 10.3. The largest absolute Gasteiger partial charge is 0.495 e. The normalized spacial score (nSPS) is 10.1. The summed E-state index contributed by atoms with van der Waals surface area (Å²) < 4.78 is 5.20. The van der Waals surface area contributed by atoms with E-state index in [1.54, 1.807) is 24.3 Å². The van der Waals surface area contributed by atoms with Gasteiger partial charge in [0.2, 0.25) is 11.8 Å². The standard InChI is InChI=1S/C17H17ClN2O3S/c1-11(21)19-13-5-3-4-6-16(13)24-10-17(22)20-14-9-12(18)7-8-15(14)23-2/h3-9H,10H2,1-2H3,(H,19,21)(H,20,22). The molecule has 0 radical (unpaired) electrons. The molecule has 0 spiro atoms. The summed E-state index contributed by atoms with van der Waals surface area (Å²) in [6.45, 7) is 1.44. The first-order chi connectivity index (χ1) is 11.5. The van der Waals surface area contributed by atoms with Gasteiger partial charge in [0.05, 0.1) is 24.2 Å². The number of benzene rings is 2. The van der Waals surface area contributed by atoms with E-state index >= 15 is 0 Å². The molecule has 2 aromatic rings. The van der Waals surface area contributed by atoms with Crippen molar-refractivity contribution < 1.29 is 14.3 Å². The van der Waals surface area contributed by atoms with Crippen LogP contribution >= 0.6 is 23.4 Å². The summed E-state index contributed by atoms with van der Waals surface area (Å²) in [4.78, 5) is 24.2. The molecule has 0 unspecified atom stereocenters. The minimum atomic E-state index is -0.196. The highest BCUT2D eigenvalue weighted by molar-refractivity contribution is 8.00. The van der Waals surface area contributed by atoms with Crippen molar-refractivity contribution in [2.45, 2.75) is 11.8 Å². The van der Waals surface area contributed by atoms with Crippen molar-refractivity contribution in [1.29, 1.82) is 0 Å². The van der Waals surface area contributed by atoms with Crippen molar-refractivity contribution in [2.24, 2.45) is 0 Å². The van der Waals surface area contributed by atoms with Gasteiger partial charge >= 0.3 is 0 Å². The van der Waals surface area contributed by atoms with Crippen LogP contribution in [0.25, 0.3) is 0 Å². The molecule has 2 amide bonds. The molecule has 0 heterocycles. The van der Waals surface area contributed by atoms with E-state index < -0.39 is 0 Å². The predicted octanol–water partition coefficient (Wildman–Crippen LogP) is 4.04. The summed E-state index contributed by atoms with van der Waals surface area (Å²) in [7, 11) is 1.53. The number of para-hydroxylation sites is 1. The molecule has 5 nitrogen and oxygen atoms in total. The fourth-order valence-electron chi connectivity index (χ4n) is 1.99. The molecule has 0 aliphatic carbocycles. The number of anilines is 2. The topological polar surface area (TPSA) is 67.4 Å². The molecule has 2 aromatic carbocycles. The zero-order chi connectivity index (χ0) is 17.5. The number of ether oxygens (including phenoxy) is 1. The highest BCUT2D eigenvalue weighted by Gasteiger charge is 2.11. The van der Waals surface area contributed by atoms with Gasteiger partial charge in [0, 0.05) is 16.8 Å². The lowest BCUT2D eigenvalue weighted by molar-refractivity contribution is -0.114. The highest BCUT2D eigenvalue weighted by Crippen LogP contribution is 2.29. The molecule has 0 aromatic heterocycles. The molecule has 2 N–H and O–H groups in total. The Balaban J connectivity index is 2.02. The van der Waals surface area contributed by atoms with E-state index in [2.05, 4.69) is 10.6 Å². The van der Waals surface area contributed by atoms with Gasteiger partial charge in [0.15, 0.2) is 0 Å². The van der Waals surface area contributed by atoms with E-state index in [9.17, 15) is 9.59 Å². The minimum Gasteiger partial charge on any atom is -0.495 e. The molecule has 0 bridgehead atoms. The molecular weight excluding hydrogens is 348 g/mol. The van der Waals surface area contributed by atoms with E-state index in [0.29, 0.717) is 22.1 Å². The highest BCUT2D eigenvalue weighted by atomic mass is 35.5. The third-order valence-corrected chi connectivity index (χ3v) is 4.30. The van der Waals surface area contributed by atoms with E-state index in [4.69, 9.17) is 16.3 Å². The number of methoxy groups -OCH3 is 1. The lowest BCUT2D eigenvalue weighted by Crippen LogP contribution is -2.15. The quantitative estimate of drug-likeness (QED) is 0.759. The van der Waals surface area contributed by atoms with Gasteiger partial charge in [-0.1, -0.05) is 23.7 Å². The molecule has 0 aliphatic rings. The van der Waals surface area contributed by atoms with Gasteiger partial charge in [-0.15, -0.1) is 11.8 Å². The average molecular weight is 365 g/mol. The van der Waals surface area contributed by atoms with E-state index in [1.165, 1.54) is 25.8 Å². The third kappa shape index (κ3) is 5.18. The number of thioether (sulfide) groups is 1. The molecule has 7 heteroatoms. The second-order valence-electron chi connectivity index (χ2n) is 4.86. The number of amides is 2. The van der Waals surface area contributed by atoms with Gasteiger partial charge in [-0.25, -0.2) is 0 Å². The SMILES string of the molecule is COc1ccc(Cl)cc1NC(=O)CSc1ccccc1NC(C)=O. The number of carbonyl (C=O) groups is 2. The van der Waals surface area contributed by atoms with Gasteiger partial charge < -0.3 is 15.4 Å². The second kappa shape index (κ2) is 8.61. The summed E-state index contributed by atoms with van der Waals surface area (Å²) >= 11 is 7.28. The van der Waals surface area contributed by atoms with E-state index in [0.717, 1.165) is 4.90 Å². The number of halogens is 1. The first-order valence-electron chi connectivity index (χ1n) is 7.12. The van der Waals surface area contributed by atoms with Gasteiger partial charge in [-0.2, -0.15) is 0 Å². The number of hydrogen-bond acceptors (Lipinski definition) is 4. The van der Waals surface area contributed by atoms with Crippen LogP contribution in [-0.2, 0) is 9.59 Å². The molecule has 0 atom stereocenters. The smallest absolute Gasteiger partial charge is 0.234 e. The molecule has 0 aliphatic heterocycles. The van der Waals surface area contributed by atoms with Crippen LogP contribution in [0.1, 0.15) is 6.92 Å². The Morgan fingerprint density at radius 1 is 1.12 bits per heavy atom. The molecular formula is C17H17ClN2O3S. The maximum absolute atomic E-state index is 12.2. The summed E-state index contributed by atoms with van der Waals surface area (Å²) in [5.74, 6) is 0.373. The molecule has 0 saturated carbocycles. The molecule has 126 valence electrons. The van der Waals surface area contributed by atoms with Crippen LogP contribution in [0.2, 0.25) is 5.02 Å². The molecule has 0 saturated heterocycles. The van der Waals surface area contributed by atoms with Gasteiger partial charge in [0.1, 0.15) is 5.75 Å². The zero-order valence-corrected chi connectivity index (χ0v) is 14.8. The minimum absolute atomic E-state index is 0.156. The van der Waals surface area contributed by atoms with Crippen LogP contribution in [0, 0.1) is 0 Å². The Bertz CT molecular complexity index is 752. The summed E-state index contributed by atoms with van der Waals surface area (Å²) in [6.07, 6.45) is 0. The average Bonchev–Trinajstić information content (AvgIpc) is 2.54. The van der Waals surface area contributed by atoms with Crippen LogP contribution < -0.4 is 15.4 Å². The first-order valence-corrected chi connectivity index (χ1v) is 8.48. The van der Waals surface area contributed by atoms with Crippen LogP contribution in [0.3, 0.4) is 0 Å². The Morgan fingerprint density at radius 2 is 1.88 bits per heavy atom. The maximum Gasteiger partial charge on any atom is 0.234 e. The fourth-order valence-corrected chi connectivity index (χ4v) is 2.97. The maximum atomic E-state index is 12.2. The molecule has 0 fully saturated rings. The Labute approximate surface area is 149 Å². The van der Waals surface area contributed by atoms with Gasteiger partial charge in [-0.3, -0.25) is 9.59 Å². The lowest BCUT2D eigenvalue weighted by Gasteiger charge is -2.12. The number of hydrogen-bond donors (Lipinski definition) is 2. The summed E-state index contributed by atoms with van der Waals surface area (Å²) in [5, 5.41) is 6.03. The monoisotopic (exact) mass is 364 g/mol. The Hall–Kier alpha value is -2.18. The van der Waals surface area contributed by atoms with E-state index in [-0.39, 0.29) is 17.6 Å². The van der Waals surface area contributed by atoms with Crippen LogP contribution in [-0.4, -0.2) is 24.7 Å². The molecule has 2 rings (SSSR count). The zero-order valence-electron chi connectivity index (χ0n) is 13.3.